The lowest BCUT2D eigenvalue weighted by Gasteiger charge is -2.59. The van der Waals surface area contributed by atoms with E-state index in [9.17, 15) is 19.5 Å². The second kappa shape index (κ2) is 8.69. The normalized spacial score (nSPS) is 38.1. The minimum Gasteiger partial charge on any atom is -0.450 e. The first-order chi connectivity index (χ1) is 16.6. The van der Waals surface area contributed by atoms with Gasteiger partial charge in [-0.2, -0.15) is 0 Å². The number of hydrogen-bond acceptors (Lipinski definition) is 5. The molecule has 6 atom stereocenters. The smallest absolute Gasteiger partial charge is 0.311 e. The number of aliphatic hydroxyl groups is 1. The zero-order valence-corrected chi connectivity index (χ0v) is 21.3. The van der Waals surface area contributed by atoms with Gasteiger partial charge in [-0.25, -0.2) is 0 Å². The van der Waals surface area contributed by atoms with Crippen molar-refractivity contribution < 1.29 is 24.2 Å². The first-order valence-corrected chi connectivity index (χ1v) is 13.3. The quantitative estimate of drug-likeness (QED) is 0.608. The number of carbonyl (C=O) groups is 3. The molecule has 0 aliphatic heterocycles. The summed E-state index contributed by atoms with van der Waals surface area (Å²) >= 11 is 0. The van der Waals surface area contributed by atoms with Crippen molar-refractivity contribution in [3.05, 3.63) is 47.0 Å². The molecule has 1 aromatic rings. The minimum atomic E-state index is -1.27. The van der Waals surface area contributed by atoms with Crippen LogP contribution in [0.2, 0.25) is 0 Å². The van der Waals surface area contributed by atoms with Gasteiger partial charge in [0.25, 0.3) is 0 Å². The second-order valence-electron chi connectivity index (χ2n) is 12.0. The van der Waals surface area contributed by atoms with Crippen LogP contribution < -0.4 is 0 Å². The van der Waals surface area contributed by atoms with Gasteiger partial charge in [0, 0.05) is 11.8 Å². The van der Waals surface area contributed by atoms with Crippen LogP contribution in [0.5, 0.6) is 0 Å². The number of allylic oxidation sites excluding steroid dienone is 1. The van der Waals surface area contributed by atoms with Crippen LogP contribution in [0, 0.1) is 35.5 Å². The zero-order valence-electron chi connectivity index (χ0n) is 21.3. The molecule has 35 heavy (non-hydrogen) atoms. The molecule has 0 aromatic heterocycles. The van der Waals surface area contributed by atoms with Gasteiger partial charge in [-0.05, 0) is 86.7 Å². The molecule has 0 bridgehead atoms. The van der Waals surface area contributed by atoms with Crippen LogP contribution in [-0.2, 0) is 25.5 Å². The maximum atomic E-state index is 13.3. The number of ketones is 2. The molecule has 3 fully saturated rings. The van der Waals surface area contributed by atoms with E-state index in [2.05, 4.69) is 13.8 Å². The van der Waals surface area contributed by atoms with Crippen LogP contribution >= 0.6 is 0 Å². The molecule has 3 saturated carbocycles. The lowest BCUT2D eigenvalue weighted by molar-refractivity contribution is -0.190. The van der Waals surface area contributed by atoms with Crippen molar-refractivity contribution in [2.75, 3.05) is 6.61 Å². The molecule has 0 heterocycles. The molecule has 4 aliphatic carbocycles. The molecule has 0 spiro atoms. The van der Waals surface area contributed by atoms with E-state index in [1.165, 1.54) is 5.57 Å². The van der Waals surface area contributed by atoms with Crippen LogP contribution in [0.1, 0.15) is 76.3 Å². The van der Waals surface area contributed by atoms with Crippen molar-refractivity contribution in [3.63, 3.8) is 0 Å². The number of ether oxygens (including phenoxy) is 1. The van der Waals surface area contributed by atoms with E-state index < -0.39 is 23.6 Å². The molecule has 1 aromatic carbocycles. The predicted octanol–water partition coefficient (Wildman–Crippen LogP) is 4.91. The van der Waals surface area contributed by atoms with E-state index in [-0.39, 0.29) is 29.3 Å². The number of fused-ring (bicyclic) bond motifs is 5. The molecule has 4 aliphatic rings. The Labute approximate surface area is 208 Å². The highest BCUT2D eigenvalue weighted by Crippen LogP contribution is 2.68. The summed E-state index contributed by atoms with van der Waals surface area (Å²) < 4.78 is 6.18. The Bertz CT molecular complexity index is 1070. The fourth-order valence-electron chi connectivity index (χ4n) is 8.47. The average molecular weight is 479 g/mol. The average Bonchev–Trinajstić information content (AvgIpc) is 3.13. The number of aliphatic hydroxyl groups excluding tert-OH is 1. The Morgan fingerprint density at radius 2 is 1.71 bits per heavy atom. The van der Waals surface area contributed by atoms with E-state index in [1.54, 1.807) is 0 Å². The van der Waals surface area contributed by atoms with Crippen LogP contribution in [0.4, 0.5) is 0 Å². The molecular formula is C30H38O5. The molecule has 0 radical (unpaired) electrons. The summed E-state index contributed by atoms with van der Waals surface area (Å²) in [5, 5.41) is 9.97. The highest BCUT2D eigenvalue weighted by molar-refractivity contribution is 5.92. The number of benzene rings is 1. The minimum absolute atomic E-state index is 0.0481. The molecule has 5 rings (SSSR count). The predicted molar refractivity (Wildman–Crippen MR) is 133 cm³/mol. The van der Waals surface area contributed by atoms with Gasteiger partial charge < -0.3 is 9.84 Å². The Morgan fingerprint density at radius 1 is 1.00 bits per heavy atom. The van der Waals surface area contributed by atoms with Gasteiger partial charge >= 0.3 is 5.97 Å². The maximum Gasteiger partial charge on any atom is 0.311 e. The van der Waals surface area contributed by atoms with E-state index in [0.717, 1.165) is 49.7 Å². The zero-order chi connectivity index (χ0) is 25.0. The number of esters is 1. The molecule has 5 heteroatoms. The standard InChI is InChI=1S/C30H38O5/c1-19-4-6-20(7-5-19)16-27(34)35-30(26(33)18-31)15-12-25-23-9-8-21-17-22(32)10-13-28(21,2)24(23)11-14-29(25,30)3/h4-7,17,23-25,31H,8-16,18H2,1-3H3/t23-,24+,25+,28+,29+,30+/m1/s1. The summed E-state index contributed by atoms with van der Waals surface area (Å²) in [6.45, 7) is 5.86. The van der Waals surface area contributed by atoms with Crippen molar-refractivity contribution in [3.8, 4) is 0 Å². The lowest BCUT2D eigenvalue weighted by Crippen LogP contribution is -2.60. The highest BCUT2D eigenvalue weighted by Gasteiger charge is 2.68. The topological polar surface area (TPSA) is 80.7 Å². The maximum absolute atomic E-state index is 13.3. The summed E-state index contributed by atoms with van der Waals surface area (Å²) in [6, 6.07) is 7.78. The van der Waals surface area contributed by atoms with Gasteiger partial charge in [0.2, 0.25) is 5.78 Å². The molecule has 1 N–H and O–H groups in total. The highest BCUT2D eigenvalue weighted by atomic mass is 16.6. The summed E-state index contributed by atoms with van der Waals surface area (Å²) in [5.41, 5.74) is 1.60. The lowest BCUT2D eigenvalue weighted by atomic mass is 9.46. The SMILES string of the molecule is Cc1ccc(CC(=O)O[C@]2(C(=O)CO)CC[C@H]3[C@@H]4CCC5=CC(=O)CC[C@]5(C)[C@H]4CC[C@@]32C)cc1. The fraction of sp³-hybridized carbons (Fsp3) is 0.633. The van der Waals surface area contributed by atoms with E-state index >= 15 is 0 Å². The number of carbonyl (C=O) groups excluding carboxylic acids is 3. The summed E-state index contributed by atoms with van der Waals surface area (Å²) in [7, 11) is 0. The third-order valence-corrected chi connectivity index (χ3v) is 10.4. The monoisotopic (exact) mass is 478 g/mol. The van der Waals surface area contributed by atoms with Crippen molar-refractivity contribution in [2.24, 2.45) is 28.6 Å². The van der Waals surface area contributed by atoms with Crippen LogP contribution in [0.25, 0.3) is 0 Å². The fourth-order valence-corrected chi connectivity index (χ4v) is 8.47. The third kappa shape index (κ3) is 3.73. The van der Waals surface area contributed by atoms with Crippen LogP contribution in [0.3, 0.4) is 0 Å². The van der Waals surface area contributed by atoms with Gasteiger partial charge in [0.1, 0.15) is 6.61 Å². The van der Waals surface area contributed by atoms with Crippen LogP contribution in [0.15, 0.2) is 35.9 Å². The Balaban J connectivity index is 1.43. The first kappa shape index (κ1) is 24.4. The van der Waals surface area contributed by atoms with E-state index in [0.29, 0.717) is 24.7 Å². The first-order valence-electron chi connectivity index (χ1n) is 13.3. The van der Waals surface area contributed by atoms with Crippen molar-refractivity contribution in [1.29, 1.82) is 0 Å². The Kier molecular flexibility index (Phi) is 6.06. The summed E-state index contributed by atoms with van der Waals surface area (Å²) in [6.07, 6.45) is 8.56. The van der Waals surface area contributed by atoms with Crippen molar-refractivity contribution >= 4 is 17.5 Å². The molecule has 0 unspecified atom stereocenters. The van der Waals surface area contributed by atoms with Gasteiger partial charge in [-0.3, -0.25) is 14.4 Å². The largest absolute Gasteiger partial charge is 0.450 e. The molecule has 0 amide bonds. The Morgan fingerprint density at radius 3 is 2.43 bits per heavy atom. The summed E-state index contributed by atoms with van der Waals surface area (Å²) in [4.78, 5) is 38.6. The van der Waals surface area contributed by atoms with Gasteiger partial charge in [-0.15, -0.1) is 0 Å². The van der Waals surface area contributed by atoms with Gasteiger partial charge in [0.05, 0.1) is 6.42 Å². The molecular weight excluding hydrogens is 440 g/mol. The Hall–Kier alpha value is -2.27. The number of aryl methyl sites for hydroxylation is 1. The van der Waals surface area contributed by atoms with Crippen molar-refractivity contribution in [1.82, 2.24) is 0 Å². The van der Waals surface area contributed by atoms with E-state index in [4.69, 9.17) is 4.74 Å². The third-order valence-electron chi connectivity index (χ3n) is 10.4. The second-order valence-corrected chi connectivity index (χ2v) is 12.0. The van der Waals surface area contributed by atoms with Gasteiger partial charge in [-0.1, -0.05) is 49.2 Å². The number of hydrogen-bond donors (Lipinski definition) is 1. The number of Topliss-reactive ketones (excluding diaryl/α,β-unsaturated/α-hetero) is 1. The van der Waals surface area contributed by atoms with Crippen molar-refractivity contribution in [2.45, 2.75) is 84.2 Å². The molecule has 0 saturated heterocycles. The summed E-state index contributed by atoms with van der Waals surface area (Å²) in [5.74, 6) is 0.686. The van der Waals surface area contributed by atoms with Gasteiger partial charge in [0.15, 0.2) is 11.4 Å². The molecule has 188 valence electrons. The van der Waals surface area contributed by atoms with Crippen LogP contribution in [-0.4, -0.2) is 34.9 Å². The number of rotatable bonds is 5. The molecule has 5 nitrogen and oxygen atoms in total. The van der Waals surface area contributed by atoms with E-state index in [1.807, 2.05) is 37.3 Å².